The molecule has 0 N–H and O–H groups in total. The number of ether oxygens (including phenoxy) is 1. The summed E-state index contributed by atoms with van der Waals surface area (Å²) >= 11 is 0. The van der Waals surface area contributed by atoms with Crippen LogP contribution in [-0.4, -0.2) is 0 Å². The zero-order valence-corrected chi connectivity index (χ0v) is 10.3. The maximum absolute atomic E-state index is 5.83. The molecule has 0 radical (unpaired) electrons. The van der Waals surface area contributed by atoms with E-state index in [1.165, 1.54) is 0 Å². The van der Waals surface area contributed by atoms with Gasteiger partial charge in [-0.1, -0.05) is 61.2 Å². The fourth-order valence-corrected chi connectivity index (χ4v) is 1.55. The van der Waals surface area contributed by atoms with Crippen LogP contribution in [0.1, 0.15) is 6.42 Å². The second kappa shape index (κ2) is 6.45. The van der Waals surface area contributed by atoms with Crippen molar-refractivity contribution in [2.75, 3.05) is 0 Å². The molecule has 90 valence electrons. The van der Waals surface area contributed by atoms with E-state index >= 15 is 0 Å². The molecule has 0 spiro atoms. The molecule has 0 aromatic heterocycles. The molecule has 2 rings (SSSR count). The molecule has 0 fully saturated rings. The van der Waals surface area contributed by atoms with Crippen molar-refractivity contribution >= 4 is 0 Å². The quantitative estimate of drug-likeness (QED) is 0.730. The van der Waals surface area contributed by atoms with E-state index in [0.29, 0.717) is 0 Å². The molecule has 1 aromatic carbocycles. The van der Waals surface area contributed by atoms with E-state index in [-0.39, 0.29) is 0 Å². The lowest BCUT2D eigenvalue weighted by molar-refractivity contribution is 0.439. The van der Waals surface area contributed by atoms with Gasteiger partial charge in [0.15, 0.2) is 0 Å². The third kappa shape index (κ3) is 3.63. The molecular weight excluding hydrogens is 220 g/mol. The van der Waals surface area contributed by atoms with Crippen LogP contribution in [0.2, 0.25) is 0 Å². The second-order valence-electron chi connectivity index (χ2n) is 3.92. The maximum atomic E-state index is 5.83. The normalized spacial score (nSPS) is 20.7. The van der Waals surface area contributed by atoms with E-state index in [4.69, 9.17) is 4.74 Å². The fraction of sp³-hybridized carbons (Fsp3) is 0.0588. The number of rotatable bonds is 2. The van der Waals surface area contributed by atoms with Crippen LogP contribution in [0.15, 0.2) is 90.8 Å². The van der Waals surface area contributed by atoms with Gasteiger partial charge in [0.05, 0.1) is 0 Å². The summed E-state index contributed by atoms with van der Waals surface area (Å²) in [5.41, 5.74) is 0.857. The van der Waals surface area contributed by atoms with Crippen LogP contribution < -0.4 is 4.74 Å². The zero-order valence-electron chi connectivity index (χ0n) is 10.3. The SMILES string of the molecule is C=C1/C=C\C=C/C/C=C\C=C1Oc1ccccc1. The predicted octanol–water partition coefficient (Wildman–Crippen LogP) is 4.58. The second-order valence-corrected chi connectivity index (χ2v) is 3.92. The van der Waals surface area contributed by atoms with Gasteiger partial charge < -0.3 is 4.74 Å². The Morgan fingerprint density at radius 3 is 2.56 bits per heavy atom. The van der Waals surface area contributed by atoms with Crippen LogP contribution in [0.3, 0.4) is 0 Å². The number of para-hydroxylation sites is 1. The van der Waals surface area contributed by atoms with E-state index in [0.717, 1.165) is 23.5 Å². The molecule has 0 amide bonds. The summed E-state index contributed by atoms with van der Waals surface area (Å²) in [5, 5.41) is 0. The third-order valence-corrected chi connectivity index (χ3v) is 2.49. The average Bonchev–Trinajstić information content (AvgIpc) is 2.41. The van der Waals surface area contributed by atoms with Crippen LogP contribution in [0, 0.1) is 0 Å². The molecule has 0 atom stereocenters. The van der Waals surface area contributed by atoms with E-state index in [1.807, 2.05) is 60.7 Å². The summed E-state index contributed by atoms with van der Waals surface area (Å²) in [5.74, 6) is 1.59. The van der Waals surface area contributed by atoms with Gasteiger partial charge in [-0.15, -0.1) is 0 Å². The number of hydrogen-bond acceptors (Lipinski definition) is 1. The van der Waals surface area contributed by atoms with Gasteiger partial charge in [0, 0.05) is 5.57 Å². The van der Waals surface area contributed by atoms with E-state index in [1.54, 1.807) is 0 Å². The fourth-order valence-electron chi connectivity index (χ4n) is 1.55. The average molecular weight is 236 g/mol. The highest BCUT2D eigenvalue weighted by Gasteiger charge is 2.02. The largest absolute Gasteiger partial charge is 0.457 e. The Hall–Kier alpha value is -2.28. The zero-order chi connectivity index (χ0) is 12.6. The molecule has 0 unspecified atom stereocenters. The Morgan fingerprint density at radius 2 is 1.72 bits per heavy atom. The number of allylic oxidation sites excluding steroid dienone is 7. The summed E-state index contributed by atoms with van der Waals surface area (Å²) in [6.07, 6.45) is 15.0. The maximum Gasteiger partial charge on any atom is 0.134 e. The summed E-state index contributed by atoms with van der Waals surface area (Å²) in [6.45, 7) is 4.02. The monoisotopic (exact) mass is 236 g/mol. The van der Waals surface area contributed by atoms with Crippen LogP contribution in [0.5, 0.6) is 5.75 Å². The lowest BCUT2D eigenvalue weighted by Crippen LogP contribution is -1.96. The molecule has 0 aliphatic heterocycles. The third-order valence-electron chi connectivity index (χ3n) is 2.49. The first-order chi connectivity index (χ1) is 8.86. The highest BCUT2D eigenvalue weighted by atomic mass is 16.5. The Labute approximate surface area is 108 Å². The highest BCUT2D eigenvalue weighted by molar-refractivity contribution is 5.40. The van der Waals surface area contributed by atoms with Crippen molar-refractivity contribution < 1.29 is 4.74 Å². The lowest BCUT2D eigenvalue weighted by atomic mass is 10.2. The van der Waals surface area contributed by atoms with Gasteiger partial charge in [-0.05, 0) is 24.6 Å². The van der Waals surface area contributed by atoms with Gasteiger partial charge in [0.1, 0.15) is 11.5 Å². The molecule has 0 saturated heterocycles. The minimum absolute atomic E-state index is 0.768. The molecule has 0 bridgehead atoms. The van der Waals surface area contributed by atoms with E-state index in [2.05, 4.69) is 18.7 Å². The van der Waals surface area contributed by atoms with Gasteiger partial charge in [-0.2, -0.15) is 0 Å². The van der Waals surface area contributed by atoms with Crippen molar-refractivity contribution in [1.29, 1.82) is 0 Å². The molecule has 18 heavy (non-hydrogen) atoms. The van der Waals surface area contributed by atoms with Crippen molar-refractivity contribution in [3.05, 3.63) is 90.8 Å². The Kier molecular flexibility index (Phi) is 4.37. The lowest BCUT2D eigenvalue weighted by Gasteiger charge is -2.09. The topological polar surface area (TPSA) is 9.23 Å². The first-order valence-electron chi connectivity index (χ1n) is 5.98. The van der Waals surface area contributed by atoms with Crippen LogP contribution >= 0.6 is 0 Å². The Balaban J connectivity index is 2.20. The first-order valence-corrected chi connectivity index (χ1v) is 5.98. The van der Waals surface area contributed by atoms with E-state index < -0.39 is 0 Å². The van der Waals surface area contributed by atoms with Crippen molar-refractivity contribution in [1.82, 2.24) is 0 Å². The van der Waals surface area contributed by atoms with Gasteiger partial charge in [-0.3, -0.25) is 0 Å². The molecule has 0 saturated carbocycles. The molecule has 1 aliphatic carbocycles. The molecule has 1 heteroatoms. The van der Waals surface area contributed by atoms with Crippen LogP contribution in [-0.2, 0) is 0 Å². The standard InChI is InChI=1S/C17H16O/c1-15-11-7-4-2-3-5-10-14-17(15)18-16-12-8-6-9-13-16/h2,4-14H,1,3H2/b4-2-,10-5-,11-7-,17-14?. The van der Waals surface area contributed by atoms with Gasteiger partial charge in [0.2, 0.25) is 0 Å². The summed E-state index contributed by atoms with van der Waals surface area (Å²) in [4.78, 5) is 0. The summed E-state index contributed by atoms with van der Waals surface area (Å²) in [7, 11) is 0. The van der Waals surface area contributed by atoms with Gasteiger partial charge in [-0.25, -0.2) is 0 Å². The van der Waals surface area contributed by atoms with Gasteiger partial charge in [0.25, 0.3) is 0 Å². The predicted molar refractivity (Wildman–Crippen MR) is 76.3 cm³/mol. The minimum atomic E-state index is 0.768. The molecule has 1 nitrogen and oxygen atoms in total. The Bertz CT molecular complexity index is 516. The minimum Gasteiger partial charge on any atom is -0.457 e. The van der Waals surface area contributed by atoms with Crippen molar-refractivity contribution in [3.63, 3.8) is 0 Å². The number of hydrogen-bond donors (Lipinski definition) is 0. The van der Waals surface area contributed by atoms with Crippen molar-refractivity contribution in [3.8, 4) is 5.75 Å². The van der Waals surface area contributed by atoms with Crippen LogP contribution in [0.25, 0.3) is 0 Å². The van der Waals surface area contributed by atoms with E-state index in [9.17, 15) is 0 Å². The first kappa shape index (κ1) is 12.2. The van der Waals surface area contributed by atoms with Crippen LogP contribution in [0.4, 0.5) is 0 Å². The van der Waals surface area contributed by atoms with Crippen molar-refractivity contribution in [2.45, 2.75) is 6.42 Å². The highest BCUT2D eigenvalue weighted by Crippen LogP contribution is 2.18. The number of benzene rings is 1. The molecule has 1 aromatic rings. The van der Waals surface area contributed by atoms with Crippen molar-refractivity contribution in [2.24, 2.45) is 0 Å². The Morgan fingerprint density at radius 1 is 0.944 bits per heavy atom. The summed E-state index contributed by atoms with van der Waals surface area (Å²) in [6, 6.07) is 9.73. The molecule has 1 aliphatic rings. The molecular formula is C17H16O. The molecule has 0 heterocycles. The smallest absolute Gasteiger partial charge is 0.134 e. The summed E-state index contributed by atoms with van der Waals surface area (Å²) < 4.78 is 5.83. The van der Waals surface area contributed by atoms with Gasteiger partial charge >= 0.3 is 0 Å².